The van der Waals surface area contributed by atoms with Gasteiger partial charge in [-0.05, 0) is 47.5 Å². The molecular weight excluding hydrogens is 429 g/mol. The van der Waals surface area contributed by atoms with E-state index in [0.29, 0.717) is 5.56 Å². The molecular formula is C22H21F3N2O3S. The summed E-state index contributed by atoms with van der Waals surface area (Å²) in [4.78, 5) is 12.2. The Hall–Kier alpha value is -2.91. The summed E-state index contributed by atoms with van der Waals surface area (Å²) in [6, 6.07) is 16.1. The number of amides is 1. The maximum absolute atomic E-state index is 12.8. The molecule has 1 atom stereocenters. The first-order valence-corrected chi connectivity index (χ1v) is 11.0. The molecule has 3 rings (SSSR count). The number of halogens is 3. The first kappa shape index (κ1) is 22.8. The van der Waals surface area contributed by atoms with Gasteiger partial charge < -0.3 is 5.32 Å². The molecule has 9 heteroatoms. The first-order chi connectivity index (χ1) is 14.6. The molecule has 0 saturated carbocycles. The number of hydrogen-bond donors (Lipinski definition) is 2. The number of nitrogens with one attached hydrogen (secondary N) is 2. The van der Waals surface area contributed by atoms with Crippen molar-refractivity contribution in [2.75, 3.05) is 6.54 Å². The van der Waals surface area contributed by atoms with Crippen LogP contribution in [-0.2, 0) is 21.0 Å². The number of hydrogen-bond acceptors (Lipinski definition) is 3. The number of carbonyl (C=O) groups is 1. The standard InChI is InChI=1S/C22H21F3N2O3S/c1-15(17-7-4-8-19(13-17)22(23,24)25)27-21(28)11-12-26-31(29,30)20-10-9-16-5-2-3-6-18(16)14-20/h2-10,13-15,26H,11-12H2,1H3,(H,27,28)/t15-/m1/s1. The van der Waals surface area contributed by atoms with Crippen molar-refractivity contribution in [3.8, 4) is 0 Å². The van der Waals surface area contributed by atoms with Crippen molar-refractivity contribution in [1.29, 1.82) is 0 Å². The Labute approximate surface area is 178 Å². The van der Waals surface area contributed by atoms with Gasteiger partial charge in [0.25, 0.3) is 0 Å². The lowest BCUT2D eigenvalue weighted by molar-refractivity contribution is -0.137. The maximum Gasteiger partial charge on any atom is 0.416 e. The van der Waals surface area contributed by atoms with Crippen molar-refractivity contribution >= 4 is 26.7 Å². The van der Waals surface area contributed by atoms with Crippen LogP contribution in [-0.4, -0.2) is 20.9 Å². The van der Waals surface area contributed by atoms with Gasteiger partial charge in [-0.1, -0.05) is 42.5 Å². The summed E-state index contributed by atoms with van der Waals surface area (Å²) < 4.78 is 65.9. The fraction of sp³-hybridized carbons (Fsp3) is 0.227. The summed E-state index contributed by atoms with van der Waals surface area (Å²) in [6.45, 7) is 1.42. The number of benzene rings is 3. The molecule has 0 fully saturated rings. The third-order valence-electron chi connectivity index (χ3n) is 4.77. The molecule has 2 N–H and O–H groups in total. The van der Waals surface area contributed by atoms with Crippen molar-refractivity contribution in [1.82, 2.24) is 10.0 Å². The summed E-state index contributed by atoms with van der Waals surface area (Å²) >= 11 is 0. The molecule has 3 aromatic rings. The Morgan fingerprint density at radius 1 is 0.968 bits per heavy atom. The molecule has 0 radical (unpaired) electrons. The van der Waals surface area contributed by atoms with E-state index < -0.39 is 33.7 Å². The van der Waals surface area contributed by atoms with E-state index in [1.54, 1.807) is 25.1 Å². The van der Waals surface area contributed by atoms with Crippen molar-refractivity contribution in [3.05, 3.63) is 77.9 Å². The number of sulfonamides is 1. The van der Waals surface area contributed by atoms with Crippen molar-refractivity contribution in [2.45, 2.75) is 30.5 Å². The fourth-order valence-corrected chi connectivity index (χ4v) is 4.16. The van der Waals surface area contributed by atoms with Crippen LogP contribution in [0.4, 0.5) is 13.2 Å². The van der Waals surface area contributed by atoms with Crippen molar-refractivity contribution < 1.29 is 26.4 Å². The van der Waals surface area contributed by atoms with Gasteiger partial charge in [-0.15, -0.1) is 0 Å². The van der Waals surface area contributed by atoms with Gasteiger partial charge in [-0.2, -0.15) is 13.2 Å². The van der Waals surface area contributed by atoms with Crippen LogP contribution in [0, 0.1) is 0 Å². The monoisotopic (exact) mass is 450 g/mol. The van der Waals surface area contributed by atoms with E-state index in [-0.39, 0.29) is 17.9 Å². The first-order valence-electron chi connectivity index (χ1n) is 9.51. The Morgan fingerprint density at radius 2 is 1.68 bits per heavy atom. The zero-order chi connectivity index (χ0) is 22.6. The predicted octanol–water partition coefficient (Wildman–Crippen LogP) is 4.40. The van der Waals surface area contributed by atoms with Crippen LogP contribution in [0.1, 0.15) is 30.5 Å². The van der Waals surface area contributed by atoms with E-state index in [4.69, 9.17) is 0 Å². The molecule has 1 amide bonds. The predicted molar refractivity (Wildman–Crippen MR) is 112 cm³/mol. The lowest BCUT2D eigenvalue weighted by Crippen LogP contribution is -2.32. The van der Waals surface area contributed by atoms with E-state index in [0.717, 1.165) is 22.9 Å². The minimum atomic E-state index is -4.47. The number of alkyl halides is 3. The van der Waals surface area contributed by atoms with Crippen molar-refractivity contribution in [3.63, 3.8) is 0 Å². The molecule has 164 valence electrons. The second-order valence-corrected chi connectivity index (χ2v) is 8.84. The highest BCUT2D eigenvalue weighted by Crippen LogP contribution is 2.30. The quantitative estimate of drug-likeness (QED) is 0.560. The molecule has 0 bridgehead atoms. The summed E-state index contributed by atoms with van der Waals surface area (Å²) in [5, 5.41) is 4.27. The average Bonchev–Trinajstić information content (AvgIpc) is 2.72. The van der Waals surface area contributed by atoms with E-state index in [9.17, 15) is 26.4 Å². The van der Waals surface area contributed by atoms with Crippen LogP contribution in [0.2, 0.25) is 0 Å². The SMILES string of the molecule is C[C@@H](NC(=O)CCNS(=O)(=O)c1ccc2ccccc2c1)c1cccc(C(F)(F)F)c1. The molecule has 0 aliphatic carbocycles. The largest absolute Gasteiger partial charge is 0.416 e. The zero-order valence-electron chi connectivity index (χ0n) is 16.6. The van der Waals surface area contributed by atoms with Crippen LogP contribution in [0.5, 0.6) is 0 Å². The highest BCUT2D eigenvalue weighted by atomic mass is 32.2. The van der Waals surface area contributed by atoms with Gasteiger partial charge in [0.1, 0.15) is 0 Å². The van der Waals surface area contributed by atoms with Gasteiger partial charge in [0.05, 0.1) is 16.5 Å². The van der Waals surface area contributed by atoms with E-state index >= 15 is 0 Å². The Morgan fingerprint density at radius 3 is 2.39 bits per heavy atom. The van der Waals surface area contributed by atoms with Gasteiger partial charge >= 0.3 is 6.18 Å². The Kier molecular flexibility index (Phi) is 6.66. The highest BCUT2D eigenvalue weighted by Gasteiger charge is 2.30. The lowest BCUT2D eigenvalue weighted by atomic mass is 10.0. The second-order valence-electron chi connectivity index (χ2n) is 7.07. The van der Waals surface area contributed by atoms with Crippen LogP contribution in [0.3, 0.4) is 0 Å². The van der Waals surface area contributed by atoms with Gasteiger partial charge in [-0.25, -0.2) is 13.1 Å². The molecule has 0 spiro atoms. The molecule has 0 aliphatic heterocycles. The molecule has 3 aromatic carbocycles. The van der Waals surface area contributed by atoms with Crippen molar-refractivity contribution in [2.24, 2.45) is 0 Å². The molecule has 0 saturated heterocycles. The number of rotatable bonds is 7. The van der Waals surface area contributed by atoms with E-state index in [1.807, 2.05) is 18.2 Å². The van der Waals surface area contributed by atoms with Crippen LogP contribution < -0.4 is 10.0 Å². The summed E-state index contributed by atoms with van der Waals surface area (Å²) in [6.07, 6.45) is -4.63. The van der Waals surface area contributed by atoms with E-state index in [2.05, 4.69) is 10.0 Å². The lowest BCUT2D eigenvalue weighted by Gasteiger charge is -2.16. The third-order valence-corrected chi connectivity index (χ3v) is 6.23. The number of fused-ring (bicyclic) bond motifs is 1. The van der Waals surface area contributed by atoms with Gasteiger partial charge in [-0.3, -0.25) is 4.79 Å². The Bertz CT molecular complexity index is 1190. The summed E-state index contributed by atoms with van der Waals surface area (Å²) in [5.41, 5.74) is -0.492. The topological polar surface area (TPSA) is 75.3 Å². The molecule has 31 heavy (non-hydrogen) atoms. The van der Waals surface area contributed by atoms with Crippen LogP contribution in [0.25, 0.3) is 10.8 Å². The minimum Gasteiger partial charge on any atom is -0.350 e. The van der Waals surface area contributed by atoms with Gasteiger partial charge in [0.2, 0.25) is 15.9 Å². The smallest absolute Gasteiger partial charge is 0.350 e. The fourth-order valence-electron chi connectivity index (χ4n) is 3.10. The Balaban J connectivity index is 1.56. The third kappa shape index (κ3) is 5.83. The molecule has 0 aromatic heterocycles. The zero-order valence-corrected chi connectivity index (χ0v) is 17.4. The van der Waals surface area contributed by atoms with Gasteiger partial charge in [0, 0.05) is 13.0 Å². The molecule has 5 nitrogen and oxygen atoms in total. The minimum absolute atomic E-state index is 0.0870. The van der Waals surface area contributed by atoms with Crippen LogP contribution in [0.15, 0.2) is 71.6 Å². The average molecular weight is 450 g/mol. The maximum atomic E-state index is 12.8. The molecule has 0 heterocycles. The summed E-state index contributed by atoms with van der Waals surface area (Å²) in [5.74, 6) is -0.480. The summed E-state index contributed by atoms with van der Waals surface area (Å²) in [7, 11) is -3.81. The highest BCUT2D eigenvalue weighted by molar-refractivity contribution is 7.89. The normalized spacial score (nSPS) is 13.2. The molecule has 0 unspecified atom stereocenters. The molecule has 0 aliphatic rings. The van der Waals surface area contributed by atoms with Crippen LogP contribution >= 0.6 is 0 Å². The number of carbonyl (C=O) groups excluding carboxylic acids is 1. The van der Waals surface area contributed by atoms with E-state index in [1.165, 1.54) is 18.2 Å². The second kappa shape index (κ2) is 9.07. The van der Waals surface area contributed by atoms with Gasteiger partial charge in [0.15, 0.2) is 0 Å².